The fourth-order valence-corrected chi connectivity index (χ4v) is 6.30. The molecule has 0 unspecified atom stereocenters. The Hall–Kier alpha value is -1.20. The highest BCUT2D eigenvalue weighted by atomic mass is 16.5. The summed E-state index contributed by atoms with van der Waals surface area (Å²) in [6, 6.07) is 0. The maximum atomic E-state index is 10.5. The van der Waals surface area contributed by atoms with E-state index in [4.69, 9.17) is 4.74 Å². The van der Waals surface area contributed by atoms with Gasteiger partial charge in [0.15, 0.2) is 0 Å². The van der Waals surface area contributed by atoms with Gasteiger partial charge in [0, 0.05) is 6.42 Å². The number of fused-ring (bicyclic) bond motifs is 1. The van der Waals surface area contributed by atoms with Crippen molar-refractivity contribution in [3.63, 3.8) is 0 Å². The third kappa shape index (κ3) is 5.30. The van der Waals surface area contributed by atoms with Crippen LogP contribution in [0.5, 0.6) is 0 Å². The Balaban J connectivity index is 1.68. The molecule has 0 aromatic carbocycles. The van der Waals surface area contributed by atoms with Crippen molar-refractivity contribution in [1.82, 2.24) is 0 Å². The molecular weight excluding hydrogens is 400 g/mol. The second-order valence-electron chi connectivity index (χ2n) is 10.7. The fourth-order valence-electron chi connectivity index (χ4n) is 6.30. The molecule has 0 heterocycles. The minimum Gasteiger partial charge on any atom is -0.393 e. The zero-order chi connectivity index (χ0) is 23.5. The summed E-state index contributed by atoms with van der Waals surface area (Å²) in [4.78, 5) is 0. The summed E-state index contributed by atoms with van der Waals surface area (Å²) in [7, 11) is 0. The number of allylic oxidation sites excluding steroid dienone is 3. The van der Waals surface area contributed by atoms with Crippen LogP contribution in [0.3, 0.4) is 0 Å². The highest BCUT2D eigenvalue weighted by Gasteiger charge is 2.49. The summed E-state index contributed by atoms with van der Waals surface area (Å²) in [6.45, 7) is 15.8. The normalized spacial score (nSPS) is 36.0. The minimum absolute atomic E-state index is 0.192. The molecule has 5 atom stereocenters. The Labute approximate surface area is 194 Å². The van der Waals surface area contributed by atoms with Crippen LogP contribution in [-0.2, 0) is 4.74 Å². The Kier molecular flexibility index (Phi) is 8.25. The average molecular weight is 445 g/mol. The molecule has 0 radical (unpaired) electrons. The lowest BCUT2D eigenvalue weighted by Gasteiger charge is -2.43. The quantitative estimate of drug-likeness (QED) is 0.447. The van der Waals surface area contributed by atoms with Crippen LogP contribution < -0.4 is 0 Å². The molecule has 0 amide bonds. The minimum atomic E-state index is -0.735. The number of hydrogen-bond donors (Lipinski definition) is 3. The predicted octanol–water partition coefficient (Wildman–Crippen LogP) is 5.25. The van der Waals surface area contributed by atoms with E-state index in [0.717, 1.165) is 36.0 Å². The smallest absolute Gasteiger partial charge is 0.0875 e. The Morgan fingerprint density at radius 2 is 1.94 bits per heavy atom. The summed E-state index contributed by atoms with van der Waals surface area (Å²) in [5, 5.41) is 30.7. The van der Waals surface area contributed by atoms with Crippen molar-refractivity contribution in [2.45, 2.75) is 96.4 Å². The highest BCUT2D eigenvalue weighted by Crippen LogP contribution is 2.59. The molecule has 180 valence electrons. The van der Waals surface area contributed by atoms with Crippen LogP contribution in [0.15, 0.2) is 47.6 Å². The molecule has 0 aliphatic heterocycles. The molecular formula is C28H44O4. The first-order valence-corrected chi connectivity index (χ1v) is 12.6. The van der Waals surface area contributed by atoms with Gasteiger partial charge >= 0.3 is 0 Å². The lowest BCUT2D eigenvalue weighted by Crippen LogP contribution is -2.36. The lowest BCUT2D eigenvalue weighted by molar-refractivity contribution is -0.0479. The molecule has 3 rings (SSSR count). The topological polar surface area (TPSA) is 69.9 Å². The summed E-state index contributed by atoms with van der Waals surface area (Å²) < 4.78 is 5.93. The Bertz CT molecular complexity index is 759. The summed E-state index contributed by atoms with van der Waals surface area (Å²) >= 11 is 0. The van der Waals surface area contributed by atoms with Crippen LogP contribution in [0.2, 0.25) is 0 Å². The van der Waals surface area contributed by atoms with Crippen molar-refractivity contribution in [2.24, 2.45) is 17.3 Å². The van der Waals surface area contributed by atoms with Gasteiger partial charge in [-0.3, -0.25) is 0 Å². The Morgan fingerprint density at radius 3 is 2.62 bits per heavy atom. The lowest BCUT2D eigenvalue weighted by atomic mass is 9.62. The first kappa shape index (κ1) is 25.4. The second-order valence-corrected chi connectivity index (χ2v) is 10.7. The van der Waals surface area contributed by atoms with Crippen LogP contribution >= 0.6 is 0 Å². The molecule has 0 saturated heterocycles. The fraction of sp³-hybridized carbons (Fsp3) is 0.714. The molecule has 0 bridgehead atoms. The maximum absolute atomic E-state index is 10.5. The van der Waals surface area contributed by atoms with Crippen molar-refractivity contribution in [2.75, 3.05) is 13.2 Å². The van der Waals surface area contributed by atoms with Gasteiger partial charge in [-0.05, 0) is 85.3 Å². The van der Waals surface area contributed by atoms with E-state index in [-0.39, 0.29) is 5.41 Å². The van der Waals surface area contributed by atoms with E-state index in [2.05, 4.69) is 32.2 Å². The summed E-state index contributed by atoms with van der Waals surface area (Å²) in [6.07, 6.45) is 11.3. The SMILES string of the molecule is C=C(COCC(O)(CC)CC)[C@H]1CC[C@H]2/C(=C/C=C3/C[C@@H](O)C[C@H](O)C3=C)CCC[C@]12C. The van der Waals surface area contributed by atoms with Crippen LogP contribution in [0.1, 0.15) is 78.6 Å². The van der Waals surface area contributed by atoms with Gasteiger partial charge in [0.1, 0.15) is 0 Å². The van der Waals surface area contributed by atoms with E-state index >= 15 is 0 Å². The second kappa shape index (κ2) is 10.4. The maximum Gasteiger partial charge on any atom is 0.0875 e. The van der Waals surface area contributed by atoms with Gasteiger partial charge in [-0.2, -0.15) is 0 Å². The van der Waals surface area contributed by atoms with Crippen molar-refractivity contribution in [3.8, 4) is 0 Å². The van der Waals surface area contributed by atoms with E-state index < -0.39 is 17.8 Å². The van der Waals surface area contributed by atoms with Crippen LogP contribution in [0.4, 0.5) is 0 Å². The summed E-state index contributed by atoms with van der Waals surface area (Å²) in [5.41, 5.74) is 3.83. The van der Waals surface area contributed by atoms with Crippen molar-refractivity contribution < 1.29 is 20.1 Å². The van der Waals surface area contributed by atoms with Gasteiger partial charge < -0.3 is 20.1 Å². The molecule has 3 aliphatic rings. The predicted molar refractivity (Wildman–Crippen MR) is 130 cm³/mol. The molecule has 0 aromatic rings. The molecule has 0 spiro atoms. The van der Waals surface area contributed by atoms with E-state index in [0.29, 0.717) is 50.7 Å². The van der Waals surface area contributed by atoms with Crippen molar-refractivity contribution in [1.29, 1.82) is 0 Å². The first-order chi connectivity index (χ1) is 15.1. The van der Waals surface area contributed by atoms with Gasteiger partial charge in [0.2, 0.25) is 0 Å². The van der Waals surface area contributed by atoms with Gasteiger partial charge in [-0.25, -0.2) is 0 Å². The first-order valence-electron chi connectivity index (χ1n) is 12.6. The summed E-state index contributed by atoms with van der Waals surface area (Å²) in [5.74, 6) is 0.971. The van der Waals surface area contributed by atoms with Gasteiger partial charge in [-0.15, -0.1) is 0 Å². The van der Waals surface area contributed by atoms with E-state index in [1.807, 2.05) is 13.8 Å². The van der Waals surface area contributed by atoms with Gasteiger partial charge in [0.25, 0.3) is 0 Å². The molecule has 3 saturated carbocycles. The Morgan fingerprint density at radius 1 is 1.22 bits per heavy atom. The average Bonchev–Trinajstić information content (AvgIpc) is 3.12. The molecule has 3 fully saturated rings. The zero-order valence-electron chi connectivity index (χ0n) is 20.4. The third-order valence-corrected chi connectivity index (χ3v) is 8.70. The third-order valence-electron chi connectivity index (χ3n) is 8.70. The monoisotopic (exact) mass is 444 g/mol. The molecule has 3 N–H and O–H groups in total. The number of aliphatic hydroxyl groups excluding tert-OH is 2. The number of hydrogen-bond acceptors (Lipinski definition) is 4. The van der Waals surface area contributed by atoms with Gasteiger partial charge in [-0.1, -0.05) is 51.7 Å². The van der Waals surface area contributed by atoms with E-state index in [9.17, 15) is 15.3 Å². The van der Waals surface area contributed by atoms with Gasteiger partial charge in [0.05, 0.1) is 31.0 Å². The van der Waals surface area contributed by atoms with E-state index in [1.165, 1.54) is 18.4 Å². The number of ether oxygens (including phenoxy) is 1. The molecule has 3 aliphatic carbocycles. The highest BCUT2D eigenvalue weighted by molar-refractivity contribution is 5.39. The number of rotatable bonds is 8. The zero-order valence-corrected chi connectivity index (χ0v) is 20.4. The molecule has 0 aromatic heterocycles. The van der Waals surface area contributed by atoms with Crippen LogP contribution in [0.25, 0.3) is 0 Å². The molecule has 4 nitrogen and oxygen atoms in total. The molecule has 4 heteroatoms. The van der Waals surface area contributed by atoms with Crippen molar-refractivity contribution >= 4 is 0 Å². The standard InChI is InChI=1S/C28H44O4/c1-6-28(31,7-2)18-32-17-19(3)24-12-13-25-21(9-8-14-27(24,25)5)10-11-22-15-23(29)16-26(30)20(22)4/h10-11,23-26,29-31H,3-4,6-9,12-18H2,1-2,5H3/b21-10+,22-11-/t23-,24-,25+,26+,27-/m1/s1. The van der Waals surface area contributed by atoms with Crippen LogP contribution in [-0.4, -0.2) is 46.3 Å². The molecule has 32 heavy (non-hydrogen) atoms. The van der Waals surface area contributed by atoms with E-state index in [1.54, 1.807) is 0 Å². The largest absolute Gasteiger partial charge is 0.393 e. The number of aliphatic hydroxyl groups is 3. The van der Waals surface area contributed by atoms with Crippen LogP contribution in [0, 0.1) is 17.3 Å². The van der Waals surface area contributed by atoms with Crippen molar-refractivity contribution in [3.05, 3.63) is 47.6 Å².